The van der Waals surface area contributed by atoms with E-state index < -0.39 is 21.7 Å². The summed E-state index contributed by atoms with van der Waals surface area (Å²) in [5, 5.41) is 0. The normalized spacial score (nSPS) is 11.5. The topological polar surface area (TPSA) is 20.3 Å². The van der Waals surface area contributed by atoms with Crippen molar-refractivity contribution < 1.29 is 4.79 Å². The quantitative estimate of drug-likeness (QED) is 0.542. The molecule has 0 radical (unpaired) electrons. The first-order chi connectivity index (χ1) is 8.64. The Morgan fingerprint density at radius 1 is 1.00 bits per heavy atom. The van der Waals surface area contributed by atoms with E-state index in [0.717, 1.165) is 13.0 Å². The van der Waals surface area contributed by atoms with Crippen molar-refractivity contribution in [3.8, 4) is 0 Å². The summed E-state index contributed by atoms with van der Waals surface area (Å²) in [6, 6.07) is 0. The van der Waals surface area contributed by atoms with Crippen molar-refractivity contribution in [3.05, 3.63) is 11.8 Å². The molecular formula is C15H30InNO. The minimum atomic E-state index is -1.64. The summed E-state index contributed by atoms with van der Waals surface area (Å²) in [5.41, 5.74) is 1.31. The third-order valence-electron chi connectivity index (χ3n) is 3.43. The third-order valence-corrected chi connectivity index (χ3v) is 15.0. The first-order valence-corrected chi connectivity index (χ1v) is 13.8. The molecule has 0 heterocycles. The fourth-order valence-electron chi connectivity index (χ4n) is 2.49. The van der Waals surface area contributed by atoms with Gasteiger partial charge in [-0.2, -0.15) is 0 Å². The van der Waals surface area contributed by atoms with E-state index in [9.17, 15) is 4.79 Å². The molecule has 0 aliphatic rings. The minimum absolute atomic E-state index is 0.281. The molecule has 0 saturated carbocycles. The molecule has 0 aliphatic carbocycles. The number of rotatable bonds is 10. The molecule has 2 nitrogen and oxygen atoms in total. The maximum absolute atomic E-state index is 11.7. The fourth-order valence-corrected chi connectivity index (χ4v) is 12.4. The average Bonchev–Trinajstić information content (AvgIpc) is 2.38. The van der Waals surface area contributed by atoms with Crippen LogP contribution in [0.4, 0.5) is 0 Å². The van der Waals surface area contributed by atoms with Crippen LogP contribution in [0, 0.1) is 0 Å². The van der Waals surface area contributed by atoms with Crippen molar-refractivity contribution >= 4 is 27.5 Å². The Hall–Kier alpha value is 0.0801. The third kappa shape index (κ3) is 6.31. The number of nitrogens with zero attached hydrogens (tertiary/aromatic N) is 1. The number of carbonyl (C=O) groups excluding carboxylic acids is 1. The Morgan fingerprint density at radius 3 is 1.89 bits per heavy atom. The molecule has 0 rings (SSSR count). The van der Waals surface area contributed by atoms with E-state index in [4.69, 9.17) is 0 Å². The fraction of sp³-hybridized carbons (Fsp3) is 0.800. The Bertz CT molecular complexity index is 257. The summed E-state index contributed by atoms with van der Waals surface area (Å²) in [4.78, 5) is 11.7. The molecule has 0 amide bonds. The molecule has 0 bridgehead atoms. The number of hydrogen-bond donors (Lipinski definition) is 0. The van der Waals surface area contributed by atoms with Crippen molar-refractivity contribution in [3.63, 3.8) is 0 Å². The van der Waals surface area contributed by atoms with Gasteiger partial charge in [0.2, 0.25) is 0 Å². The van der Waals surface area contributed by atoms with Crippen LogP contribution in [0.2, 0.25) is 8.35 Å². The number of carbonyl (C=O) groups is 1. The number of allylic oxidation sites excluding steroid dienone is 2. The zero-order chi connectivity index (χ0) is 14.0. The Kier molecular flexibility index (Phi) is 11.0. The summed E-state index contributed by atoms with van der Waals surface area (Å²) in [5.74, 6) is 0.281. The molecule has 0 fully saturated rings. The monoisotopic (exact) mass is 355 g/mol. The molecule has 0 unspecified atom stereocenters. The molecule has 0 N–H and O–H groups in total. The molecule has 0 aromatic carbocycles. The van der Waals surface area contributed by atoms with Gasteiger partial charge in [0.05, 0.1) is 0 Å². The van der Waals surface area contributed by atoms with Crippen molar-refractivity contribution in [2.45, 2.75) is 68.7 Å². The van der Waals surface area contributed by atoms with Gasteiger partial charge in [0.1, 0.15) is 0 Å². The first-order valence-electron chi connectivity index (χ1n) is 7.64. The van der Waals surface area contributed by atoms with Crippen LogP contribution in [0.3, 0.4) is 0 Å². The van der Waals surface area contributed by atoms with Crippen molar-refractivity contribution in [1.82, 2.24) is 2.89 Å². The van der Waals surface area contributed by atoms with E-state index in [0.29, 0.717) is 6.42 Å². The summed E-state index contributed by atoms with van der Waals surface area (Å²) in [7, 11) is 0. The second-order valence-corrected chi connectivity index (χ2v) is 13.6. The van der Waals surface area contributed by atoms with Crippen molar-refractivity contribution in [2.24, 2.45) is 0 Å². The van der Waals surface area contributed by atoms with E-state index in [-0.39, 0.29) is 5.78 Å². The van der Waals surface area contributed by atoms with E-state index in [1.165, 1.54) is 26.9 Å². The van der Waals surface area contributed by atoms with Crippen LogP contribution in [0.15, 0.2) is 11.8 Å². The maximum atomic E-state index is 11.7. The van der Waals surface area contributed by atoms with Gasteiger partial charge in [0, 0.05) is 0 Å². The molecule has 18 heavy (non-hydrogen) atoms. The van der Waals surface area contributed by atoms with Crippen LogP contribution in [-0.4, -0.2) is 36.9 Å². The summed E-state index contributed by atoms with van der Waals surface area (Å²) >= 11 is -1.64. The van der Waals surface area contributed by atoms with E-state index in [1.807, 2.05) is 13.0 Å². The van der Waals surface area contributed by atoms with Crippen LogP contribution in [0.1, 0.15) is 60.3 Å². The molecule has 0 aromatic rings. The second-order valence-electron chi connectivity index (χ2n) is 4.83. The van der Waals surface area contributed by atoms with Gasteiger partial charge in [-0.1, -0.05) is 0 Å². The predicted octanol–water partition coefficient (Wildman–Crippen LogP) is 4.39. The molecule has 0 saturated heterocycles. The summed E-state index contributed by atoms with van der Waals surface area (Å²) < 4.78 is 5.52. The molecule has 3 heteroatoms. The molecular weight excluding hydrogens is 325 g/mol. The predicted molar refractivity (Wildman–Crippen MR) is 82.0 cm³/mol. The first kappa shape index (κ1) is 18.1. The van der Waals surface area contributed by atoms with Gasteiger partial charge in [0.25, 0.3) is 0 Å². The molecule has 0 spiro atoms. The zero-order valence-corrected chi connectivity index (χ0v) is 16.3. The van der Waals surface area contributed by atoms with Crippen LogP contribution >= 0.6 is 0 Å². The molecule has 0 aliphatic heterocycles. The van der Waals surface area contributed by atoms with Gasteiger partial charge in [-0.25, -0.2) is 0 Å². The van der Waals surface area contributed by atoms with Crippen LogP contribution in [0.25, 0.3) is 0 Å². The number of ketones is 1. The van der Waals surface area contributed by atoms with Crippen LogP contribution < -0.4 is 0 Å². The van der Waals surface area contributed by atoms with E-state index in [1.54, 1.807) is 0 Å². The number of hydrogen-bond acceptors (Lipinski definition) is 2. The molecule has 104 valence electrons. The summed E-state index contributed by atoms with van der Waals surface area (Å²) in [6.07, 6.45) is 6.15. The van der Waals surface area contributed by atoms with Crippen molar-refractivity contribution in [2.75, 3.05) is 6.54 Å². The van der Waals surface area contributed by atoms with Gasteiger partial charge >= 0.3 is 122 Å². The molecule has 0 atom stereocenters. The molecule has 0 aromatic heterocycles. The van der Waals surface area contributed by atoms with Crippen LogP contribution in [-0.2, 0) is 4.79 Å². The van der Waals surface area contributed by atoms with Gasteiger partial charge in [-0.15, -0.1) is 0 Å². The van der Waals surface area contributed by atoms with Gasteiger partial charge in [-0.3, -0.25) is 0 Å². The summed E-state index contributed by atoms with van der Waals surface area (Å²) in [6.45, 7) is 12.0. The Morgan fingerprint density at radius 2 is 1.56 bits per heavy atom. The SMILES string of the molecule is CC[CH2][In]([CH2]CC)[N](CC)/C(=C\C(=O)CC)CC. The second kappa shape index (κ2) is 11.0. The zero-order valence-electron chi connectivity index (χ0n) is 13.0. The van der Waals surface area contributed by atoms with Crippen molar-refractivity contribution in [1.29, 1.82) is 0 Å². The van der Waals surface area contributed by atoms with Gasteiger partial charge in [-0.05, 0) is 0 Å². The Balaban J connectivity index is 4.96. The van der Waals surface area contributed by atoms with E-state index in [2.05, 4.69) is 30.6 Å². The van der Waals surface area contributed by atoms with Crippen LogP contribution in [0.5, 0.6) is 0 Å². The van der Waals surface area contributed by atoms with E-state index >= 15 is 0 Å². The average molecular weight is 355 g/mol. The standard InChI is InChI=1S/C9H17NO.2C3H7.In/c1-4-8(10-6-3)7-9(11)5-2;2*1-3-2;/h7H,4-6H2,1-3H3,(H,10,11);2*1,3H2,2H3;/q;;;+1/p-1. The van der Waals surface area contributed by atoms with Gasteiger partial charge < -0.3 is 0 Å². The Labute approximate surface area is 122 Å². The van der Waals surface area contributed by atoms with Gasteiger partial charge in [0.15, 0.2) is 0 Å².